The van der Waals surface area contributed by atoms with Crippen molar-refractivity contribution in [3.05, 3.63) is 0 Å². The van der Waals surface area contributed by atoms with Gasteiger partial charge in [0.25, 0.3) is 0 Å². The lowest BCUT2D eigenvalue weighted by atomic mass is 9.77. The lowest BCUT2D eigenvalue weighted by Crippen LogP contribution is -2.60. The average Bonchev–Trinajstić information content (AvgIpc) is 2.38. The number of carboxylic acid groups (broad SMARTS) is 1. The van der Waals surface area contributed by atoms with Crippen molar-refractivity contribution >= 4 is 11.9 Å². The number of carbonyl (C=O) groups excluding carboxylic acids is 1. The Balaban J connectivity index is 1.94. The van der Waals surface area contributed by atoms with Gasteiger partial charge in [-0.3, -0.25) is 14.9 Å². The summed E-state index contributed by atoms with van der Waals surface area (Å²) < 4.78 is 0. The molecule has 2 saturated carbocycles. The monoisotopic (exact) mass is 296 g/mol. The highest BCUT2D eigenvalue weighted by Gasteiger charge is 2.44. The van der Waals surface area contributed by atoms with Gasteiger partial charge in [-0.15, -0.1) is 0 Å². The molecule has 0 saturated heterocycles. The third-order valence-electron chi connectivity index (χ3n) is 5.01. The van der Waals surface area contributed by atoms with E-state index in [1.807, 2.05) is 18.7 Å². The first kappa shape index (κ1) is 16.3. The predicted octanol–water partition coefficient (Wildman–Crippen LogP) is 2.15. The smallest absolute Gasteiger partial charge is 0.323 e. The van der Waals surface area contributed by atoms with E-state index in [2.05, 4.69) is 5.32 Å². The van der Waals surface area contributed by atoms with Crippen LogP contribution >= 0.6 is 0 Å². The molecule has 0 unspecified atom stereocenters. The normalized spacial score (nSPS) is 21.9. The molecule has 120 valence electrons. The van der Waals surface area contributed by atoms with Crippen LogP contribution in [0.5, 0.6) is 0 Å². The maximum atomic E-state index is 12.6. The van der Waals surface area contributed by atoms with Gasteiger partial charge in [0.2, 0.25) is 5.91 Å². The fourth-order valence-electron chi connectivity index (χ4n) is 3.61. The van der Waals surface area contributed by atoms with Crippen LogP contribution in [0.25, 0.3) is 0 Å². The number of amides is 1. The second-order valence-corrected chi connectivity index (χ2v) is 6.78. The molecule has 2 aliphatic carbocycles. The number of carboxylic acids is 1. The summed E-state index contributed by atoms with van der Waals surface area (Å²) in [5.74, 6) is -0.778. The summed E-state index contributed by atoms with van der Waals surface area (Å²) in [5, 5.41) is 12.3. The Morgan fingerprint density at radius 3 is 2.24 bits per heavy atom. The van der Waals surface area contributed by atoms with Crippen molar-refractivity contribution in [2.75, 3.05) is 6.54 Å². The van der Waals surface area contributed by atoms with Crippen LogP contribution in [0.1, 0.15) is 65.2 Å². The Labute approximate surface area is 127 Å². The van der Waals surface area contributed by atoms with E-state index in [1.165, 1.54) is 19.3 Å². The molecule has 5 nitrogen and oxygen atoms in total. The molecule has 2 rings (SSSR count). The Kier molecular flexibility index (Phi) is 5.25. The molecule has 2 aliphatic rings. The second-order valence-electron chi connectivity index (χ2n) is 6.78. The number of aliphatic carboxylic acids is 1. The first-order chi connectivity index (χ1) is 9.96. The van der Waals surface area contributed by atoms with E-state index in [-0.39, 0.29) is 18.5 Å². The van der Waals surface area contributed by atoms with Crippen molar-refractivity contribution in [1.29, 1.82) is 0 Å². The molecule has 0 spiro atoms. The Hall–Kier alpha value is -1.10. The number of carbonyl (C=O) groups is 2. The minimum absolute atomic E-state index is 0.0458. The van der Waals surface area contributed by atoms with Crippen LogP contribution in [0.4, 0.5) is 0 Å². The minimum Gasteiger partial charge on any atom is -0.480 e. The quantitative estimate of drug-likeness (QED) is 0.788. The second kappa shape index (κ2) is 6.77. The molecular formula is C16H28N2O3. The molecule has 1 amide bonds. The molecule has 0 bridgehead atoms. The van der Waals surface area contributed by atoms with Crippen molar-refractivity contribution in [3.63, 3.8) is 0 Å². The number of hydrogen-bond acceptors (Lipinski definition) is 3. The third-order valence-corrected chi connectivity index (χ3v) is 5.01. The number of rotatable bonds is 6. The van der Waals surface area contributed by atoms with E-state index in [0.29, 0.717) is 18.9 Å². The first-order valence-corrected chi connectivity index (χ1v) is 8.26. The minimum atomic E-state index is -0.856. The van der Waals surface area contributed by atoms with Gasteiger partial charge in [0, 0.05) is 12.1 Å². The number of hydrogen-bond donors (Lipinski definition) is 2. The van der Waals surface area contributed by atoms with Gasteiger partial charge in [0.15, 0.2) is 0 Å². The topological polar surface area (TPSA) is 69.6 Å². The molecular weight excluding hydrogens is 268 g/mol. The molecule has 0 aromatic carbocycles. The summed E-state index contributed by atoms with van der Waals surface area (Å²) in [6.07, 6.45) is 7.96. The van der Waals surface area contributed by atoms with Gasteiger partial charge in [-0.25, -0.2) is 0 Å². The van der Waals surface area contributed by atoms with Crippen LogP contribution in [0.3, 0.4) is 0 Å². The van der Waals surface area contributed by atoms with E-state index in [4.69, 9.17) is 0 Å². The number of nitrogens with zero attached hydrogens (tertiary/aromatic N) is 1. The molecule has 21 heavy (non-hydrogen) atoms. The van der Waals surface area contributed by atoms with Gasteiger partial charge in [-0.2, -0.15) is 0 Å². The van der Waals surface area contributed by atoms with Crippen LogP contribution in [0, 0.1) is 0 Å². The maximum absolute atomic E-state index is 12.6. The fourth-order valence-corrected chi connectivity index (χ4v) is 3.61. The van der Waals surface area contributed by atoms with Crippen LogP contribution in [0.2, 0.25) is 0 Å². The summed E-state index contributed by atoms with van der Waals surface area (Å²) in [4.78, 5) is 25.9. The summed E-state index contributed by atoms with van der Waals surface area (Å²) in [5.41, 5.74) is -0.856. The van der Waals surface area contributed by atoms with Gasteiger partial charge in [0.05, 0.1) is 6.54 Å². The SMILES string of the molecule is CC(C)N(C(=O)CNC1(C(=O)O)CCC1)C1CCCCC1. The summed E-state index contributed by atoms with van der Waals surface area (Å²) in [6.45, 7) is 4.23. The van der Waals surface area contributed by atoms with Crippen LogP contribution in [-0.4, -0.2) is 46.1 Å². The Bertz CT molecular complexity index is 385. The molecule has 0 aromatic rings. The number of nitrogens with one attached hydrogen (secondary N) is 1. The van der Waals surface area contributed by atoms with E-state index in [9.17, 15) is 14.7 Å². The predicted molar refractivity (Wildman–Crippen MR) is 81.1 cm³/mol. The van der Waals surface area contributed by atoms with Crippen LogP contribution in [-0.2, 0) is 9.59 Å². The van der Waals surface area contributed by atoms with Crippen LogP contribution < -0.4 is 5.32 Å². The van der Waals surface area contributed by atoms with Gasteiger partial charge in [0.1, 0.15) is 5.54 Å². The third kappa shape index (κ3) is 3.57. The van der Waals surface area contributed by atoms with Crippen molar-refractivity contribution < 1.29 is 14.7 Å². The molecule has 2 N–H and O–H groups in total. The average molecular weight is 296 g/mol. The first-order valence-electron chi connectivity index (χ1n) is 8.26. The molecule has 2 fully saturated rings. The van der Waals surface area contributed by atoms with Gasteiger partial charge in [-0.05, 0) is 46.0 Å². The summed E-state index contributed by atoms with van der Waals surface area (Å²) in [7, 11) is 0. The molecule has 5 heteroatoms. The van der Waals surface area contributed by atoms with Gasteiger partial charge < -0.3 is 10.0 Å². The van der Waals surface area contributed by atoms with Crippen LogP contribution in [0.15, 0.2) is 0 Å². The maximum Gasteiger partial charge on any atom is 0.323 e. The molecule has 0 aliphatic heterocycles. The lowest BCUT2D eigenvalue weighted by molar-refractivity contribution is -0.149. The van der Waals surface area contributed by atoms with Crippen molar-refractivity contribution in [3.8, 4) is 0 Å². The van der Waals surface area contributed by atoms with E-state index in [0.717, 1.165) is 19.3 Å². The van der Waals surface area contributed by atoms with E-state index in [1.54, 1.807) is 0 Å². The van der Waals surface area contributed by atoms with Crippen molar-refractivity contribution in [1.82, 2.24) is 10.2 Å². The van der Waals surface area contributed by atoms with E-state index >= 15 is 0 Å². The highest BCUT2D eigenvalue weighted by atomic mass is 16.4. The summed E-state index contributed by atoms with van der Waals surface area (Å²) >= 11 is 0. The van der Waals surface area contributed by atoms with Gasteiger partial charge in [-0.1, -0.05) is 19.3 Å². The zero-order valence-corrected chi connectivity index (χ0v) is 13.2. The standard InChI is InChI=1S/C16H28N2O3/c1-12(2)18(13-7-4-3-5-8-13)14(19)11-17-16(15(20)21)9-6-10-16/h12-13,17H,3-11H2,1-2H3,(H,20,21). The van der Waals surface area contributed by atoms with Crippen molar-refractivity contribution in [2.45, 2.75) is 82.8 Å². The zero-order valence-electron chi connectivity index (χ0n) is 13.2. The Morgan fingerprint density at radius 2 is 1.81 bits per heavy atom. The fraction of sp³-hybridized carbons (Fsp3) is 0.875. The molecule has 0 heterocycles. The Morgan fingerprint density at radius 1 is 1.19 bits per heavy atom. The zero-order chi connectivity index (χ0) is 15.5. The molecule has 0 aromatic heterocycles. The largest absolute Gasteiger partial charge is 0.480 e. The van der Waals surface area contributed by atoms with Crippen molar-refractivity contribution in [2.24, 2.45) is 0 Å². The highest BCUT2D eigenvalue weighted by Crippen LogP contribution is 2.32. The molecule has 0 atom stereocenters. The highest BCUT2D eigenvalue weighted by molar-refractivity contribution is 5.83. The van der Waals surface area contributed by atoms with Gasteiger partial charge >= 0.3 is 5.97 Å². The lowest BCUT2D eigenvalue weighted by Gasteiger charge is -2.41. The summed E-state index contributed by atoms with van der Waals surface area (Å²) in [6, 6.07) is 0.500. The molecule has 0 radical (unpaired) electrons. The van der Waals surface area contributed by atoms with E-state index < -0.39 is 11.5 Å².